The molecule has 2 heteroatoms. The first kappa shape index (κ1) is 36.1. The van der Waals surface area contributed by atoms with Crippen molar-refractivity contribution >= 4 is 43.1 Å². The lowest BCUT2D eigenvalue weighted by atomic mass is 9.70. The summed E-state index contributed by atoms with van der Waals surface area (Å²) in [5, 5.41) is 9.84. The predicted octanol–water partition coefficient (Wildman–Crippen LogP) is 16.1. The molecule has 12 aromatic rings. The highest BCUT2D eigenvalue weighted by molar-refractivity contribution is 6.23. The molecule has 0 saturated carbocycles. The number of benzene rings is 11. The molecule has 300 valence electrons. The number of nitrogens with zero attached hydrogens (tertiary/aromatic N) is 2. The number of hydrogen-bond acceptors (Lipinski definition) is 2. The molecule has 11 aromatic carbocycles. The minimum Gasteiger partial charge on any atom is -0.228 e. The molecule has 1 spiro atoms. The maximum atomic E-state index is 5.48. The molecule has 0 radical (unpaired) electrons. The molecule has 1 aromatic heterocycles. The quantitative estimate of drug-likeness (QED) is 0.131. The van der Waals surface area contributed by atoms with Crippen LogP contribution >= 0.6 is 0 Å². The fourth-order valence-electron chi connectivity index (χ4n) is 11.6. The van der Waals surface area contributed by atoms with Crippen LogP contribution in [0.4, 0.5) is 0 Å². The molecule has 0 unspecified atom stereocenters. The van der Waals surface area contributed by atoms with Gasteiger partial charge in [-0.3, -0.25) is 0 Å². The van der Waals surface area contributed by atoms with Crippen molar-refractivity contribution in [2.45, 2.75) is 5.41 Å². The van der Waals surface area contributed by atoms with Crippen LogP contribution in [0.1, 0.15) is 22.3 Å². The second-order valence-electron chi connectivity index (χ2n) is 17.5. The van der Waals surface area contributed by atoms with E-state index in [2.05, 4.69) is 231 Å². The van der Waals surface area contributed by atoms with Gasteiger partial charge < -0.3 is 0 Å². The fraction of sp³-hybridized carbons (Fsp3) is 0.0159. The average Bonchev–Trinajstić information content (AvgIpc) is 3.85. The standard InChI is InChI=1S/C63H38N2/c1-2-18-40(19-3-1)62-64-58(48-35-36-49(45-24-9-8-23-44(45)48)60-43-22-7-5-20-41(43)37-53-42-21-6-4-17-39(42)33-34-50(53)60)38-59(65-62)52-28-16-32-57-61(52)51-27-12-15-31-56(51)63(57)54-29-13-10-25-46(54)47-26-11-14-30-55(47)63/h1-38H. The monoisotopic (exact) mass is 822 g/mol. The molecular weight excluding hydrogens is 785 g/mol. The van der Waals surface area contributed by atoms with Gasteiger partial charge in [0.05, 0.1) is 16.8 Å². The van der Waals surface area contributed by atoms with E-state index in [0.29, 0.717) is 5.82 Å². The Balaban J connectivity index is 1.02. The van der Waals surface area contributed by atoms with Crippen LogP contribution in [0.5, 0.6) is 0 Å². The summed E-state index contributed by atoms with van der Waals surface area (Å²) in [6, 6.07) is 84.5. The highest BCUT2D eigenvalue weighted by atomic mass is 14.9. The van der Waals surface area contributed by atoms with Gasteiger partial charge in [-0.2, -0.15) is 0 Å². The van der Waals surface area contributed by atoms with E-state index in [0.717, 1.165) is 33.5 Å². The smallest absolute Gasteiger partial charge is 0.160 e. The van der Waals surface area contributed by atoms with Gasteiger partial charge in [-0.15, -0.1) is 0 Å². The van der Waals surface area contributed by atoms with Gasteiger partial charge in [0.25, 0.3) is 0 Å². The maximum absolute atomic E-state index is 5.48. The Morgan fingerprint density at radius 3 is 1.52 bits per heavy atom. The molecule has 0 atom stereocenters. The van der Waals surface area contributed by atoms with Crippen molar-refractivity contribution in [2.75, 3.05) is 0 Å². The topological polar surface area (TPSA) is 25.8 Å². The van der Waals surface area contributed by atoms with Crippen LogP contribution in [0, 0.1) is 0 Å². The van der Waals surface area contributed by atoms with Gasteiger partial charge in [0.15, 0.2) is 5.82 Å². The summed E-state index contributed by atoms with van der Waals surface area (Å²) in [6.07, 6.45) is 0. The van der Waals surface area contributed by atoms with Crippen LogP contribution in [0.2, 0.25) is 0 Å². The van der Waals surface area contributed by atoms with Gasteiger partial charge in [0.1, 0.15) is 0 Å². The van der Waals surface area contributed by atoms with Crippen molar-refractivity contribution in [3.05, 3.63) is 253 Å². The van der Waals surface area contributed by atoms with Crippen LogP contribution in [-0.4, -0.2) is 9.97 Å². The lowest BCUT2D eigenvalue weighted by Crippen LogP contribution is -2.25. The molecule has 2 nitrogen and oxygen atoms in total. The summed E-state index contributed by atoms with van der Waals surface area (Å²) >= 11 is 0. The summed E-state index contributed by atoms with van der Waals surface area (Å²) < 4.78 is 0. The van der Waals surface area contributed by atoms with Gasteiger partial charge in [0, 0.05) is 16.7 Å². The molecule has 0 amide bonds. The Kier molecular flexibility index (Phi) is 7.64. The minimum absolute atomic E-state index is 0.447. The first-order chi connectivity index (χ1) is 32.3. The molecule has 2 aliphatic rings. The van der Waals surface area contributed by atoms with Crippen LogP contribution < -0.4 is 0 Å². The van der Waals surface area contributed by atoms with Gasteiger partial charge in [-0.1, -0.05) is 218 Å². The lowest BCUT2D eigenvalue weighted by molar-refractivity contribution is 0.794. The maximum Gasteiger partial charge on any atom is 0.160 e. The van der Waals surface area contributed by atoms with E-state index < -0.39 is 5.41 Å². The van der Waals surface area contributed by atoms with E-state index >= 15 is 0 Å². The number of fused-ring (bicyclic) bond motifs is 15. The molecule has 0 fully saturated rings. The Morgan fingerprint density at radius 2 is 0.785 bits per heavy atom. The molecule has 1 heterocycles. The summed E-state index contributed by atoms with van der Waals surface area (Å²) in [7, 11) is 0. The van der Waals surface area contributed by atoms with Crippen molar-refractivity contribution in [1.29, 1.82) is 0 Å². The number of hydrogen-bond donors (Lipinski definition) is 0. The minimum atomic E-state index is -0.447. The molecule has 65 heavy (non-hydrogen) atoms. The third-order valence-electron chi connectivity index (χ3n) is 14.3. The van der Waals surface area contributed by atoms with E-state index in [-0.39, 0.29) is 0 Å². The van der Waals surface area contributed by atoms with Gasteiger partial charge in [0.2, 0.25) is 0 Å². The SMILES string of the molecule is c1ccc(-c2nc(-c3cccc4c3-c3ccccc3C43c4ccccc4-c4ccccc43)cc(-c3ccc(-c4c5ccccc5cc5c4ccc4ccccc45)c4ccccc34)n2)cc1. The van der Waals surface area contributed by atoms with Crippen LogP contribution in [0.25, 0.3) is 110 Å². The lowest BCUT2D eigenvalue weighted by Gasteiger charge is -2.30. The van der Waals surface area contributed by atoms with Crippen molar-refractivity contribution in [2.24, 2.45) is 0 Å². The number of rotatable bonds is 4. The Hall–Kier alpha value is -8.46. The zero-order valence-electron chi connectivity index (χ0n) is 35.3. The van der Waals surface area contributed by atoms with Crippen molar-refractivity contribution in [1.82, 2.24) is 9.97 Å². The molecular formula is C63H38N2. The van der Waals surface area contributed by atoms with Crippen molar-refractivity contribution < 1.29 is 0 Å². The van der Waals surface area contributed by atoms with Crippen molar-refractivity contribution in [3.63, 3.8) is 0 Å². The number of aromatic nitrogens is 2. The third-order valence-corrected chi connectivity index (χ3v) is 14.3. The third kappa shape index (κ3) is 5.05. The second-order valence-corrected chi connectivity index (χ2v) is 17.5. The molecule has 0 bridgehead atoms. The van der Waals surface area contributed by atoms with E-state index in [1.54, 1.807) is 0 Å². The van der Waals surface area contributed by atoms with Crippen LogP contribution in [0.3, 0.4) is 0 Å². The molecule has 14 rings (SSSR count). The van der Waals surface area contributed by atoms with Gasteiger partial charge >= 0.3 is 0 Å². The molecule has 0 N–H and O–H groups in total. The first-order valence-corrected chi connectivity index (χ1v) is 22.5. The van der Waals surface area contributed by atoms with Gasteiger partial charge in [-0.05, 0) is 111 Å². The zero-order valence-corrected chi connectivity index (χ0v) is 35.3. The second kappa shape index (κ2) is 13.8. The summed E-state index contributed by atoms with van der Waals surface area (Å²) in [5.41, 5.74) is 17.3. The zero-order chi connectivity index (χ0) is 42.6. The largest absolute Gasteiger partial charge is 0.228 e. The van der Waals surface area contributed by atoms with E-state index in [4.69, 9.17) is 9.97 Å². The summed E-state index contributed by atoms with van der Waals surface area (Å²) in [5.74, 6) is 0.702. The first-order valence-electron chi connectivity index (χ1n) is 22.5. The fourth-order valence-corrected chi connectivity index (χ4v) is 11.6. The Labute approximate surface area is 376 Å². The van der Waals surface area contributed by atoms with E-state index in [1.807, 2.05) is 0 Å². The van der Waals surface area contributed by atoms with Gasteiger partial charge in [-0.25, -0.2) is 9.97 Å². The normalized spacial score (nSPS) is 13.0. The Bertz CT molecular complexity index is 3910. The van der Waals surface area contributed by atoms with Crippen molar-refractivity contribution in [3.8, 4) is 67.3 Å². The van der Waals surface area contributed by atoms with E-state index in [1.165, 1.54) is 93.3 Å². The molecule has 0 aliphatic heterocycles. The summed E-state index contributed by atoms with van der Waals surface area (Å²) in [6.45, 7) is 0. The summed E-state index contributed by atoms with van der Waals surface area (Å²) in [4.78, 5) is 10.9. The highest BCUT2D eigenvalue weighted by Crippen LogP contribution is 2.64. The Morgan fingerprint density at radius 1 is 0.262 bits per heavy atom. The predicted molar refractivity (Wildman–Crippen MR) is 270 cm³/mol. The molecule has 2 aliphatic carbocycles. The van der Waals surface area contributed by atoms with Crippen LogP contribution in [0.15, 0.2) is 231 Å². The average molecular weight is 823 g/mol. The van der Waals surface area contributed by atoms with Crippen LogP contribution in [-0.2, 0) is 5.41 Å². The van der Waals surface area contributed by atoms with E-state index in [9.17, 15) is 0 Å². The highest BCUT2D eigenvalue weighted by Gasteiger charge is 2.52. The molecule has 0 saturated heterocycles.